The van der Waals surface area contributed by atoms with Gasteiger partial charge in [-0.3, -0.25) is 9.78 Å². The first kappa shape index (κ1) is 13.9. The first-order valence-electron chi connectivity index (χ1n) is 6.25. The Labute approximate surface area is 117 Å². The number of aliphatic hydroxyl groups is 1. The molecular weight excluding hydrogens is 260 g/mol. The van der Waals surface area contributed by atoms with E-state index in [2.05, 4.69) is 22.1 Å². The van der Waals surface area contributed by atoms with Crippen molar-refractivity contribution in [3.63, 3.8) is 0 Å². The van der Waals surface area contributed by atoms with E-state index in [-0.39, 0.29) is 12.5 Å². The third-order valence-electron chi connectivity index (χ3n) is 2.88. The molecule has 0 spiro atoms. The molecule has 1 amide bonds. The lowest BCUT2D eigenvalue weighted by molar-refractivity contribution is 0.0953. The molecule has 1 saturated heterocycles. The molecule has 0 saturated carbocycles. The number of nitrogens with zero attached hydrogens (tertiary/aromatic N) is 1. The van der Waals surface area contributed by atoms with Crippen molar-refractivity contribution in [2.75, 3.05) is 18.9 Å². The van der Waals surface area contributed by atoms with Gasteiger partial charge in [0, 0.05) is 24.2 Å². The summed E-state index contributed by atoms with van der Waals surface area (Å²) in [6.07, 6.45) is 5.51. The van der Waals surface area contributed by atoms with Gasteiger partial charge < -0.3 is 10.4 Å². The number of pyridine rings is 1. The van der Waals surface area contributed by atoms with E-state index in [0.29, 0.717) is 22.9 Å². The van der Waals surface area contributed by atoms with Crippen LogP contribution in [0.2, 0.25) is 0 Å². The minimum absolute atomic E-state index is 0.128. The summed E-state index contributed by atoms with van der Waals surface area (Å²) in [4.78, 5) is 16.1. The average Bonchev–Trinajstić information content (AvgIpc) is 2.96. The molecule has 0 bridgehead atoms. The fourth-order valence-electron chi connectivity index (χ4n) is 1.93. The molecule has 2 rings (SSSR count). The highest BCUT2D eigenvalue weighted by atomic mass is 32.2. The van der Waals surface area contributed by atoms with Crippen LogP contribution < -0.4 is 5.32 Å². The largest absolute Gasteiger partial charge is 0.384 e. The average molecular weight is 276 g/mol. The lowest BCUT2D eigenvalue weighted by atomic mass is 10.1. The summed E-state index contributed by atoms with van der Waals surface area (Å²) in [7, 11) is 0. The van der Waals surface area contributed by atoms with Crippen LogP contribution in [0.4, 0.5) is 0 Å². The normalized spacial score (nSPS) is 17.6. The summed E-state index contributed by atoms with van der Waals surface area (Å²) >= 11 is 1.91. The predicted octanol–water partition coefficient (Wildman–Crippen LogP) is 1.05. The zero-order valence-electron chi connectivity index (χ0n) is 10.6. The molecule has 5 heteroatoms. The van der Waals surface area contributed by atoms with Gasteiger partial charge in [-0.1, -0.05) is 11.8 Å². The molecule has 0 aliphatic carbocycles. The zero-order chi connectivity index (χ0) is 13.5. The summed E-state index contributed by atoms with van der Waals surface area (Å²) < 4.78 is 0. The van der Waals surface area contributed by atoms with Gasteiger partial charge in [-0.2, -0.15) is 11.8 Å². The van der Waals surface area contributed by atoms with E-state index in [0.717, 1.165) is 0 Å². The Kier molecular flexibility index (Phi) is 5.25. The number of aliphatic hydroxyl groups excluding tert-OH is 1. The Hall–Kier alpha value is -1.51. The van der Waals surface area contributed by atoms with Crippen LogP contribution in [0.25, 0.3) is 0 Å². The number of aromatic nitrogens is 1. The minimum Gasteiger partial charge on any atom is -0.384 e. The maximum Gasteiger partial charge on any atom is 0.252 e. The Balaban J connectivity index is 2.01. The van der Waals surface area contributed by atoms with Crippen LogP contribution in [0.3, 0.4) is 0 Å². The number of amides is 1. The van der Waals surface area contributed by atoms with E-state index in [1.54, 1.807) is 18.5 Å². The molecular formula is C14H16N2O2S. The van der Waals surface area contributed by atoms with Crippen molar-refractivity contribution in [3.8, 4) is 11.8 Å². The second-order valence-electron chi connectivity index (χ2n) is 4.23. The van der Waals surface area contributed by atoms with Crippen LogP contribution in [0.5, 0.6) is 0 Å². The van der Waals surface area contributed by atoms with Gasteiger partial charge in [0.25, 0.3) is 5.91 Å². The topological polar surface area (TPSA) is 62.2 Å². The summed E-state index contributed by atoms with van der Waals surface area (Å²) in [5.41, 5.74) is 1.06. The Bertz CT molecular complexity index is 502. The number of thioether (sulfide) groups is 1. The molecule has 100 valence electrons. The molecule has 1 fully saturated rings. The quantitative estimate of drug-likeness (QED) is 0.810. The smallest absolute Gasteiger partial charge is 0.252 e. The SMILES string of the molecule is O=C(NCC1CCCS1)c1ccncc1C#CCO. The minimum atomic E-state index is -0.228. The van der Waals surface area contributed by atoms with Crippen LogP contribution in [0, 0.1) is 11.8 Å². The first-order valence-corrected chi connectivity index (χ1v) is 7.29. The van der Waals surface area contributed by atoms with E-state index >= 15 is 0 Å². The van der Waals surface area contributed by atoms with Crippen LogP contribution in [-0.2, 0) is 0 Å². The van der Waals surface area contributed by atoms with Crippen molar-refractivity contribution < 1.29 is 9.90 Å². The fourth-order valence-corrected chi connectivity index (χ4v) is 3.14. The number of rotatable bonds is 3. The fraction of sp³-hybridized carbons (Fsp3) is 0.429. The van der Waals surface area contributed by atoms with Gasteiger partial charge in [0.1, 0.15) is 6.61 Å². The Morgan fingerprint density at radius 1 is 1.63 bits per heavy atom. The predicted molar refractivity (Wildman–Crippen MR) is 76.0 cm³/mol. The number of carbonyl (C=O) groups is 1. The third kappa shape index (κ3) is 3.98. The molecule has 1 aliphatic heterocycles. The lowest BCUT2D eigenvalue weighted by Crippen LogP contribution is -2.30. The van der Waals surface area contributed by atoms with Crippen LogP contribution in [0.1, 0.15) is 28.8 Å². The first-order chi connectivity index (χ1) is 9.31. The van der Waals surface area contributed by atoms with Gasteiger partial charge in [-0.25, -0.2) is 0 Å². The van der Waals surface area contributed by atoms with E-state index in [9.17, 15) is 4.79 Å². The third-order valence-corrected chi connectivity index (χ3v) is 4.28. The van der Waals surface area contributed by atoms with Crippen molar-refractivity contribution in [2.45, 2.75) is 18.1 Å². The van der Waals surface area contributed by atoms with Crippen molar-refractivity contribution in [1.82, 2.24) is 10.3 Å². The van der Waals surface area contributed by atoms with Crippen LogP contribution >= 0.6 is 11.8 Å². The van der Waals surface area contributed by atoms with Crippen molar-refractivity contribution in [3.05, 3.63) is 29.6 Å². The second kappa shape index (κ2) is 7.17. The molecule has 2 heterocycles. The number of hydrogen-bond donors (Lipinski definition) is 2. The van der Waals surface area contributed by atoms with E-state index in [1.807, 2.05) is 11.8 Å². The maximum atomic E-state index is 12.1. The molecule has 4 nitrogen and oxygen atoms in total. The second-order valence-corrected chi connectivity index (χ2v) is 5.63. The summed E-state index contributed by atoms with van der Waals surface area (Å²) in [5.74, 6) is 6.34. The molecule has 1 unspecified atom stereocenters. The Morgan fingerprint density at radius 3 is 3.26 bits per heavy atom. The summed E-state index contributed by atoms with van der Waals surface area (Å²) in [5, 5.41) is 12.2. The highest BCUT2D eigenvalue weighted by molar-refractivity contribution is 8.00. The van der Waals surface area contributed by atoms with Gasteiger partial charge in [-0.05, 0) is 24.7 Å². The number of carbonyl (C=O) groups excluding carboxylic acids is 1. The van der Waals surface area contributed by atoms with Gasteiger partial charge in [0.2, 0.25) is 0 Å². The van der Waals surface area contributed by atoms with E-state index in [4.69, 9.17) is 5.11 Å². The van der Waals surface area contributed by atoms with Crippen LogP contribution in [-0.4, -0.2) is 40.2 Å². The van der Waals surface area contributed by atoms with Gasteiger partial charge in [-0.15, -0.1) is 0 Å². The maximum absolute atomic E-state index is 12.1. The molecule has 0 radical (unpaired) electrons. The summed E-state index contributed by atoms with van der Waals surface area (Å²) in [6.45, 7) is 0.466. The van der Waals surface area contributed by atoms with Crippen LogP contribution in [0.15, 0.2) is 18.5 Å². The molecule has 19 heavy (non-hydrogen) atoms. The van der Waals surface area contributed by atoms with Crippen molar-refractivity contribution in [1.29, 1.82) is 0 Å². The summed E-state index contributed by atoms with van der Waals surface area (Å²) in [6, 6.07) is 1.65. The highest BCUT2D eigenvalue weighted by Crippen LogP contribution is 2.25. The lowest BCUT2D eigenvalue weighted by Gasteiger charge is -2.10. The molecule has 1 aromatic rings. The monoisotopic (exact) mass is 276 g/mol. The van der Waals surface area contributed by atoms with Gasteiger partial charge in [0.05, 0.1) is 11.1 Å². The standard InChI is InChI=1S/C14H16N2O2S/c17-7-1-3-11-9-15-6-5-13(11)14(18)16-10-12-4-2-8-19-12/h5-6,9,12,17H,2,4,7-8,10H2,(H,16,18). The number of hydrogen-bond acceptors (Lipinski definition) is 4. The molecule has 2 N–H and O–H groups in total. The molecule has 1 aromatic heterocycles. The van der Waals surface area contributed by atoms with Crippen molar-refractivity contribution >= 4 is 17.7 Å². The van der Waals surface area contributed by atoms with Gasteiger partial charge >= 0.3 is 0 Å². The zero-order valence-corrected chi connectivity index (χ0v) is 11.4. The van der Waals surface area contributed by atoms with Gasteiger partial charge in [0.15, 0.2) is 0 Å². The highest BCUT2D eigenvalue weighted by Gasteiger charge is 2.17. The number of nitrogens with one attached hydrogen (secondary N) is 1. The molecule has 0 aromatic carbocycles. The molecule has 1 atom stereocenters. The Morgan fingerprint density at radius 2 is 2.53 bits per heavy atom. The molecule has 1 aliphatic rings. The van der Waals surface area contributed by atoms with E-state index in [1.165, 1.54) is 18.6 Å². The van der Waals surface area contributed by atoms with E-state index < -0.39 is 0 Å². The van der Waals surface area contributed by atoms with Crippen molar-refractivity contribution in [2.24, 2.45) is 0 Å².